The summed E-state index contributed by atoms with van der Waals surface area (Å²) in [6.07, 6.45) is 9.62. The molecular formula is C26H35N7O2. The van der Waals surface area contributed by atoms with Crippen LogP contribution in [0.2, 0.25) is 0 Å². The molecule has 186 valence electrons. The number of hydrogen-bond acceptors (Lipinski definition) is 7. The molecule has 3 aromatic rings. The van der Waals surface area contributed by atoms with Crippen molar-refractivity contribution in [3.8, 4) is 0 Å². The van der Waals surface area contributed by atoms with E-state index in [1.54, 1.807) is 4.90 Å². The lowest BCUT2D eigenvalue weighted by molar-refractivity contribution is 0.0240. The van der Waals surface area contributed by atoms with E-state index >= 15 is 0 Å². The zero-order chi connectivity index (χ0) is 24.4. The fourth-order valence-corrected chi connectivity index (χ4v) is 4.85. The lowest BCUT2D eigenvalue weighted by Crippen LogP contribution is -2.50. The third-order valence-electron chi connectivity index (χ3n) is 6.67. The van der Waals surface area contributed by atoms with Gasteiger partial charge in [-0.15, -0.1) is 0 Å². The van der Waals surface area contributed by atoms with E-state index in [2.05, 4.69) is 37.1 Å². The van der Waals surface area contributed by atoms with Gasteiger partial charge in [-0.05, 0) is 57.9 Å². The van der Waals surface area contributed by atoms with E-state index < -0.39 is 5.60 Å². The van der Waals surface area contributed by atoms with Crippen LogP contribution < -0.4 is 10.2 Å². The summed E-state index contributed by atoms with van der Waals surface area (Å²) < 4.78 is 7.58. The van der Waals surface area contributed by atoms with Gasteiger partial charge >= 0.3 is 6.09 Å². The summed E-state index contributed by atoms with van der Waals surface area (Å²) in [7, 11) is 0. The van der Waals surface area contributed by atoms with Gasteiger partial charge in [0.2, 0.25) is 5.95 Å². The molecule has 1 aromatic carbocycles. The normalized spacial score (nSPS) is 17.6. The molecule has 1 amide bonds. The highest BCUT2D eigenvalue weighted by Gasteiger charge is 2.26. The highest BCUT2D eigenvalue weighted by atomic mass is 16.6. The quantitative estimate of drug-likeness (QED) is 0.557. The third kappa shape index (κ3) is 5.49. The van der Waals surface area contributed by atoms with E-state index in [9.17, 15) is 4.79 Å². The van der Waals surface area contributed by atoms with E-state index in [-0.39, 0.29) is 6.09 Å². The zero-order valence-corrected chi connectivity index (χ0v) is 20.9. The van der Waals surface area contributed by atoms with Gasteiger partial charge in [0.15, 0.2) is 5.65 Å². The van der Waals surface area contributed by atoms with Crippen molar-refractivity contribution in [2.45, 2.75) is 64.5 Å². The van der Waals surface area contributed by atoms with Crippen molar-refractivity contribution in [1.82, 2.24) is 24.6 Å². The number of fused-ring (bicyclic) bond motifs is 1. The molecule has 0 unspecified atom stereocenters. The average molecular weight is 478 g/mol. The topological polar surface area (TPSA) is 88.4 Å². The Morgan fingerprint density at radius 1 is 1.00 bits per heavy atom. The van der Waals surface area contributed by atoms with Crippen LogP contribution in [0.5, 0.6) is 0 Å². The van der Waals surface area contributed by atoms with Crippen LogP contribution >= 0.6 is 0 Å². The average Bonchev–Trinajstić information content (AvgIpc) is 3.27. The fourth-order valence-electron chi connectivity index (χ4n) is 4.85. The van der Waals surface area contributed by atoms with Gasteiger partial charge in [-0.25, -0.2) is 14.5 Å². The smallest absolute Gasteiger partial charge is 0.410 e. The highest BCUT2D eigenvalue weighted by molar-refractivity contribution is 5.75. The number of amides is 1. The Labute approximate surface area is 206 Å². The molecule has 0 bridgehead atoms. The number of nitrogens with one attached hydrogen (secondary N) is 1. The largest absolute Gasteiger partial charge is 0.444 e. The number of nitrogens with zero attached hydrogens (tertiary/aromatic N) is 6. The first-order valence-corrected chi connectivity index (χ1v) is 12.7. The predicted molar refractivity (Wildman–Crippen MR) is 137 cm³/mol. The number of ether oxygens (including phenoxy) is 1. The Balaban J connectivity index is 1.21. The second kappa shape index (κ2) is 9.71. The second-order valence-electron chi connectivity index (χ2n) is 10.5. The molecule has 1 saturated heterocycles. The van der Waals surface area contributed by atoms with Crippen LogP contribution in [-0.4, -0.2) is 62.5 Å². The van der Waals surface area contributed by atoms with E-state index in [4.69, 9.17) is 9.72 Å². The van der Waals surface area contributed by atoms with Crippen LogP contribution in [0.1, 0.15) is 58.9 Å². The molecule has 0 spiro atoms. The molecule has 1 aliphatic carbocycles. The maximum Gasteiger partial charge on any atom is 0.410 e. The Bertz CT molecular complexity index is 1150. The summed E-state index contributed by atoms with van der Waals surface area (Å²) in [4.78, 5) is 25.7. The molecule has 2 aliphatic rings. The molecule has 1 saturated carbocycles. The minimum atomic E-state index is -0.471. The number of benzene rings is 1. The molecule has 9 heteroatoms. The summed E-state index contributed by atoms with van der Waals surface area (Å²) in [6.45, 7) is 8.53. The van der Waals surface area contributed by atoms with Crippen molar-refractivity contribution in [1.29, 1.82) is 0 Å². The van der Waals surface area contributed by atoms with Crippen LogP contribution in [-0.2, 0) is 4.74 Å². The molecule has 3 heterocycles. The Morgan fingerprint density at radius 3 is 2.40 bits per heavy atom. The molecular weight excluding hydrogens is 442 g/mol. The van der Waals surface area contributed by atoms with Crippen molar-refractivity contribution < 1.29 is 9.53 Å². The fraction of sp³-hybridized carbons (Fsp3) is 0.538. The van der Waals surface area contributed by atoms with Gasteiger partial charge in [-0.1, -0.05) is 19.3 Å². The molecule has 1 aliphatic heterocycles. The van der Waals surface area contributed by atoms with E-state index in [0.717, 1.165) is 48.3 Å². The summed E-state index contributed by atoms with van der Waals surface area (Å²) in [5.41, 5.74) is 2.49. The molecule has 5 rings (SSSR count). The molecule has 35 heavy (non-hydrogen) atoms. The number of carbonyl (C=O) groups excluding carboxylic acids is 1. The molecule has 1 N–H and O–H groups in total. The molecule has 0 radical (unpaired) electrons. The third-order valence-corrected chi connectivity index (χ3v) is 6.67. The van der Waals surface area contributed by atoms with E-state index in [1.807, 2.05) is 45.3 Å². The van der Waals surface area contributed by atoms with E-state index in [1.165, 1.54) is 19.3 Å². The summed E-state index contributed by atoms with van der Waals surface area (Å²) in [6, 6.07) is 8.70. The van der Waals surface area contributed by atoms with Gasteiger partial charge in [-0.3, -0.25) is 0 Å². The van der Waals surface area contributed by atoms with Gasteiger partial charge in [0.05, 0.1) is 17.6 Å². The number of hydrogen-bond donors (Lipinski definition) is 1. The SMILES string of the molecule is CC(C)(C)OC(=O)N1CCN(c2ccc(Nc3ncc4cnn(C5CCCCC5)c4n3)cc2)CC1. The number of piperazine rings is 1. The van der Waals surface area contributed by atoms with Gasteiger partial charge in [0.1, 0.15) is 5.60 Å². The Morgan fingerprint density at radius 2 is 1.71 bits per heavy atom. The summed E-state index contributed by atoms with van der Waals surface area (Å²) in [5, 5.41) is 8.93. The first-order chi connectivity index (χ1) is 16.9. The van der Waals surface area contributed by atoms with Crippen molar-refractivity contribution in [2.24, 2.45) is 0 Å². The molecule has 2 aromatic heterocycles. The van der Waals surface area contributed by atoms with Crippen molar-refractivity contribution in [2.75, 3.05) is 36.4 Å². The number of rotatable bonds is 4. The highest BCUT2D eigenvalue weighted by Crippen LogP contribution is 2.30. The van der Waals surface area contributed by atoms with E-state index in [0.29, 0.717) is 25.1 Å². The zero-order valence-electron chi connectivity index (χ0n) is 20.9. The second-order valence-corrected chi connectivity index (χ2v) is 10.5. The minimum absolute atomic E-state index is 0.238. The summed E-state index contributed by atoms with van der Waals surface area (Å²) in [5.74, 6) is 0.578. The van der Waals surface area contributed by atoms with Crippen LogP contribution in [0.15, 0.2) is 36.7 Å². The molecule has 0 atom stereocenters. The van der Waals surface area contributed by atoms with Gasteiger partial charge < -0.3 is 19.9 Å². The Hall–Kier alpha value is -3.36. The molecule has 9 nitrogen and oxygen atoms in total. The lowest BCUT2D eigenvalue weighted by Gasteiger charge is -2.36. The van der Waals surface area contributed by atoms with Gasteiger partial charge in [-0.2, -0.15) is 10.1 Å². The number of aromatic nitrogens is 4. The van der Waals surface area contributed by atoms with Crippen LogP contribution in [0.3, 0.4) is 0 Å². The van der Waals surface area contributed by atoms with Crippen LogP contribution in [0, 0.1) is 0 Å². The summed E-state index contributed by atoms with van der Waals surface area (Å²) >= 11 is 0. The van der Waals surface area contributed by atoms with Crippen LogP contribution in [0.25, 0.3) is 11.0 Å². The lowest BCUT2D eigenvalue weighted by atomic mass is 9.96. The number of carbonyl (C=O) groups is 1. The van der Waals surface area contributed by atoms with Gasteiger partial charge in [0, 0.05) is 43.8 Å². The van der Waals surface area contributed by atoms with Crippen molar-refractivity contribution >= 4 is 34.4 Å². The maximum atomic E-state index is 12.3. The van der Waals surface area contributed by atoms with Crippen LogP contribution in [0.4, 0.5) is 22.1 Å². The molecule has 2 fully saturated rings. The Kier molecular flexibility index (Phi) is 6.49. The van der Waals surface area contributed by atoms with Gasteiger partial charge in [0.25, 0.3) is 0 Å². The first-order valence-electron chi connectivity index (χ1n) is 12.7. The predicted octanol–water partition coefficient (Wildman–Crippen LogP) is 5.13. The minimum Gasteiger partial charge on any atom is -0.444 e. The maximum absolute atomic E-state index is 12.3. The monoisotopic (exact) mass is 477 g/mol. The standard InChI is InChI=1S/C26H35N7O2/c1-26(2,3)35-25(34)32-15-13-31(14-16-32)21-11-9-20(10-12-21)29-24-27-17-19-18-28-33(23(19)30-24)22-7-5-4-6-8-22/h9-12,17-18,22H,4-8,13-16H2,1-3H3,(H,27,29,30). The number of anilines is 3. The first kappa shape index (κ1) is 23.4. The van der Waals surface area contributed by atoms with Crippen molar-refractivity contribution in [3.63, 3.8) is 0 Å². The van der Waals surface area contributed by atoms with Crippen molar-refractivity contribution in [3.05, 3.63) is 36.7 Å².